The van der Waals surface area contributed by atoms with E-state index in [9.17, 15) is 4.79 Å². The monoisotopic (exact) mass is 345 g/mol. The lowest BCUT2D eigenvalue weighted by Crippen LogP contribution is -2.54. The van der Waals surface area contributed by atoms with Gasteiger partial charge in [0.05, 0.1) is 6.04 Å². The summed E-state index contributed by atoms with van der Waals surface area (Å²) in [5.74, 6) is 0.461. The van der Waals surface area contributed by atoms with Crippen molar-refractivity contribution in [1.29, 1.82) is 0 Å². The smallest absolute Gasteiger partial charge is 0.140 e. The molecule has 1 saturated carbocycles. The highest BCUT2D eigenvalue weighted by molar-refractivity contribution is 6.30. The third-order valence-corrected chi connectivity index (χ3v) is 5.58. The van der Waals surface area contributed by atoms with E-state index in [1.807, 2.05) is 36.4 Å². The van der Waals surface area contributed by atoms with Crippen molar-refractivity contribution in [2.75, 3.05) is 4.90 Å². The highest BCUT2D eigenvalue weighted by Crippen LogP contribution is 2.48. The molecule has 3 aliphatic rings. The topological polar surface area (TPSA) is 20.3 Å². The number of carbonyl (C=O) groups is 1. The molecular formula is C19H17Cl2NO. The molecule has 0 radical (unpaired) electrons. The summed E-state index contributed by atoms with van der Waals surface area (Å²) in [7, 11) is 0. The molecule has 118 valence electrons. The van der Waals surface area contributed by atoms with Gasteiger partial charge in [0.25, 0.3) is 0 Å². The van der Waals surface area contributed by atoms with E-state index in [0.29, 0.717) is 12.2 Å². The van der Waals surface area contributed by atoms with Crippen molar-refractivity contribution in [2.45, 2.75) is 31.3 Å². The molecule has 2 aromatic carbocycles. The first-order chi connectivity index (χ1) is 11.1. The molecular weight excluding hydrogens is 329 g/mol. The fourth-order valence-corrected chi connectivity index (χ4v) is 4.30. The summed E-state index contributed by atoms with van der Waals surface area (Å²) in [6.07, 6.45) is 2.70. The van der Waals surface area contributed by atoms with Crippen molar-refractivity contribution in [2.24, 2.45) is 5.92 Å². The van der Waals surface area contributed by atoms with Crippen molar-refractivity contribution < 1.29 is 4.79 Å². The highest BCUT2D eigenvalue weighted by atomic mass is 35.5. The molecule has 0 spiro atoms. The van der Waals surface area contributed by atoms with Gasteiger partial charge in [-0.15, -0.1) is 0 Å². The number of nitrogens with zero attached hydrogens (tertiary/aromatic N) is 1. The summed E-state index contributed by atoms with van der Waals surface area (Å²) in [5.41, 5.74) is 2.30. The van der Waals surface area contributed by atoms with E-state index in [4.69, 9.17) is 23.2 Å². The molecule has 23 heavy (non-hydrogen) atoms. The number of benzene rings is 2. The lowest BCUT2D eigenvalue weighted by molar-refractivity contribution is -0.128. The highest BCUT2D eigenvalue weighted by Gasteiger charge is 2.47. The first kappa shape index (κ1) is 15.0. The van der Waals surface area contributed by atoms with Gasteiger partial charge < -0.3 is 4.90 Å². The Hall–Kier alpha value is -1.51. The zero-order valence-electron chi connectivity index (χ0n) is 12.6. The van der Waals surface area contributed by atoms with E-state index in [1.54, 1.807) is 0 Å². The SMILES string of the molecule is O=C1C[C@@H]2CC[C@H]1C(c1ccc(Cl)cc1)N2c1ccc(Cl)cc1. The molecule has 1 aliphatic carbocycles. The Labute approximate surface area is 146 Å². The van der Waals surface area contributed by atoms with E-state index in [-0.39, 0.29) is 18.0 Å². The quantitative estimate of drug-likeness (QED) is 0.736. The lowest BCUT2D eigenvalue weighted by Gasteiger charge is -2.52. The number of hydrogen-bond acceptors (Lipinski definition) is 2. The third-order valence-electron chi connectivity index (χ3n) is 5.07. The average molecular weight is 346 g/mol. The van der Waals surface area contributed by atoms with Crippen LogP contribution in [0, 0.1) is 5.92 Å². The van der Waals surface area contributed by atoms with Gasteiger partial charge in [-0.05, 0) is 54.8 Å². The first-order valence-corrected chi connectivity index (χ1v) is 8.71. The molecule has 2 bridgehead atoms. The molecule has 2 nitrogen and oxygen atoms in total. The van der Waals surface area contributed by atoms with Crippen molar-refractivity contribution in [3.8, 4) is 0 Å². The van der Waals surface area contributed by atoms with Crippen molar-refractivity contribution in [3.63, 3.8) is 0 Å². The number of fused-ring (bicyclic) bond motifs is 3. The molecule has 2 saturated heterocycles. The zero-order chi connectivity index (χ0) is 16.0. The van der Waals surface area contributed by atoms with Crippen LogP contribution in [0.15, 0.2) is 48.5 Å². The molecule has 0 N–H and O–H groups in total. The summed E-state index contributed by atoms with van der Waals surface area (Å²) in [6, 6.07) is 16.2. The summed E-state index contributed by atoms with van der Waals surface area (Å²) in [4.78, 5) is 14.9. The Morgan fingerprint density at radius 2 is 1.48 bits per heavy atom. The van der Waals surface area contributed by atoms with E-state index >= 15 is 0 Å². The number of Topliss-reactive ketones (excluding diaryl/α,β-unsaturated/α-hetero) is 1. The zero-order valence-corrected chi connectivity index (χ0v) is 14.1. The number of halogens is 2. The van der Waals surface area contributed by atoms with Gasteiger partial charge in [-0.25, -0.2) is 0 Å². The van der Waals surface area contributed by atoms with Crippen LogP contribution in [-0.2, 0) is 4.79 Å². The van der Waals surface area contributed by atoms with Crippen LogP contribution in [0.2, 0.25) is 10.0 Å². The Bertz CT molecular complexity index is 726. The van der Waals surface area contributed by atoms with Crippen LogP contribution in [0.3, 0.4) is 0 Å². The van der Waals surface area contributed by atoms with Gasteiger partial charge >= 0.3 is 0 Å². The van der Waals surface area contributed by atoms with Gasteiger partial charge in [0, 0.05) is 34.1 Å². The van der Waals surface area contributed by atoms with Crippen LogP contribution in [0.1, 0.15) is 30.9 Å². The molecule has 3 atom stereocenters. The molecule has 5 rings (SSSR count). The second kappa shape index (κ2) is 5.85. The minimum Gasteiger partial charge on any atom is -0.360 e. The summed E-state index contributed by atoms with van der Waals surface area (Å²) < 4.78 is 0. The predicted octanol–water partition coefficient (Wildman–Crippen LogP) is 5.29. The number of piperidine rings is 2. The Kier molecular flexibility index (Phi) is 3.82. The molecule has 3 fully saturated rings. The molecule has 1 unspecified atom stereocenters. The molecule has 2 heterocycles. The molecule has 2 aromatic rings. The second-order valence-electron chi connectivity index (χ2n) is 6.39. The fourth-order valence-electron chi connectivity index (χ4n) is 4.05. The number of anilines is 1. The van der Waals surface area contributed by atoms with Gasteiger partial charge in [-0.1, -0.05) is 35.3 Å². The maximum absolute atomic E-state index is 12.5. The van der Waals surface area contributed by atoms with E-state index in [2.05, 4.69) is 17.0 Å². The lowest BCUT2D eigenvalue weighted by atomic mass is 9.71. The van der Waals surface area contributed by atoms with Crippen LogP contribution in [-0.4, -0.2) is 11.8 Å². The van der Waals surface area contributed by atoms with Crippen molar-refractivity contribution in [1.82, 2.24) is 0 Å². The maximum Gasteiger partial charge on any atom is 0.140 e. The number of ketones is 1. The summed E-state index contributed by atoms with van der Waals surface area (Å²) in [5, 5.41) is 1.45. The van der Waals surface area contributed by atoms with E-state index < -0.39 is 0 Å². The van der Waals surface area contributed by atoms with Gasteiger partial charge in [0.1, 0.15) is 5.78 Å². The van der Waals surface area contributed by atoms with Crippen molar-refractivity contribution >= 4 is 34.7 Å². The predicted molar refractivity (Wildman–Crippen MR) is 94.3 cm³/mol. The molecule has 4 heteroatoms. The number of rotatable bonds is 2. The van der Waals surface area contributed by atoms with Gasteiger partial charge in [-0.2, -0.15) is 0 Å². The molecule has 0 aromatic heterocycles. The molecule has 0 amide bonds. The molecule has 2 aliphatic heterocycles. The normalized spacial score (nSPS) is 26.6. The van der Waals surface area contributed by atoms with Gasteiger partial charge in [-0.3, -0.25) is 4.79 Å². The van der Waals surface area contributed by atoms with Gasteiger partial charge in [0.2, 0.25) is 0 Å². The van der Waals surface area contributed by atoms with Crippen LogP contribution < -0.4 is 4.90 Å². The van der Waals surface area contributed by atoms with Crippen molar-refractivity contribution in [3.05, 3.63) is 64.1 Å². The van der Waals surface area contributed by atoms with Crippen LogP contribution >= 0.6 is 23.2 Å². The van der Waals surface area contributed by atoms with Crippen LogP contribution in [0.5, 0.6) is 0 Å². The third kappa shape index (κ3) is 2.64. The number of carbonyl (C=O) groups excluding carboxylic acids is 1. The van der Waals surface area contributed by atoms with Gasteiger partial charge in [0.15, 0.2) is 0 Å². The average Bonchev–Trinajstić information content (AvgIpc) is 2.56. The van der Waals surface area contributed by atoms with E-state index in [1.165, 1.54) is 0 Å². The largest absolute Gasteiger partial charge is 0.360 e. The Morgan fingerprint density at radius 1 is 0.870 bits per heavy atom. The number of hydrogen-bond donors (Lipinski definition) is 0. The first-order valence-electron chi connectivity index (χ1n) is 7.95. The minimum atomic E-state index is 0.0665. The van der Waals surface area contributed by atoms with Crippen LogP contribution in [0.25, 0.3) is 0 Å². The summed E-state index contributed by atoms with van der Waals surface area (Å²) in [6.45, 7) is 0. The maximum atomic E-state index is 12.5. The second-order valence-corrected chi connectivity index (χ2v) is 7.26. The Balaban J connectivity index is 1.79. The Morgan fingerprint density at radius 3 is 2.09 bits per heavy atom. The fraction of sp³-hybridized carbons (Fsp3) is 0.316. The summed E-state index contributed by atoms with van der Waals surface area (Å²) >= 11 is 12.1. The van der Waals surface area contributed by atoms with E-state index in [0.717, 1.165) is 34.1 Å². The standard InChI is InChI=1S/C19H17Cl2NO/c20-13-3-1-12(2-4-13)19-17-10-9-16(11-18(17)23)22(19)15-7-5-14(21)6-8-15/h1-8,16-17,19H,9-11H2/t16-,17+,19?/m0/s1. The van der Waals surface area contributed by atoms with Crippen LogP contribution in [0.4, 0.5) is 5.69 Å². The minimum absolute atomic E-state index is 0.0665.